The first-order chi connectivity index (χ1) is 13.8. The first kappa shape index (κ1) is 18.5. The fraction of sp³-hybridized carbons (Fsp3) is 0.389. The lowest BCUT2D eigenvalue weighted by atomic mass is 10.1. The fourth-order valence-electron chi connectivity index (χ4n) is 3.05. The van der Waals surface area contributed by atoms with Crippen molar-refractivity contribution in [2.75, 3.05) is 29.1 Å². The zero-order valence-electron chi connectivity index (χ0n) is 15.3. The molecule has 3 heterocycles. The van der Waals surface area contributed by atoms with Gasteiger partial charge in [0.25, 0.3) is 5.22 Å². The molecule has 2 aromatic heterocycles. The highest BCUT2D eigenvalue weighted by molar-refractivity contribution is 7.99. The largest absolute Gasteiger partial charge is 0.414 e. The highest BCUT2D eigenvalue weighted by atomic mass is 32.2. The molecule has 0 radical (unpaired) electrons. The number of hydrogen-bond acceptors (Lipinski definition) is 8. The molecule has 0 bridgehead atoms. The van der Waals surface area contributed by atoms with Crippen molar-refractivity contribution in [3.05, 3.63) is 42.8 Å². The summed E-state index contributed by atoms with van der Waals surface area (Å²) >= 11 is 1.20. The maximum Gasteiger partial charge on any atom is 0.277 e. The predicted molar refractivity (Wildman–Crippen MR) is 105 cm³/mol. The molecule has 1 saturated heterocycles. The number of carbonyl (C=O) groups is 1. The van der Waals surface area contributed by atoms with Crippen molar-refractivity contribution in [1.82, 2.24) is 25.0 Å². The third-order valence-electron chi connectivity index (χ3n) is 4.41. The molecule has 1 aliphatic heterocycles. The first-order valence-corrected chi connectivity index (χ1v) is 10.2. The van der Waals surface area contributed by atoms with E-state index in [0.717, 1.165) is 18.8 Å². The van der Waals surface area contributed by atoms with Gasteiger partial charge in [0.1, 0.15) is 19.2 Å². The highest BCUT2D eigenvalue weighted by Crippen LogP contribution is 2.22. The smallest absolute Gasteiger partial charge is 0.277 e. The van der Waals surface area contributed by atoms with Crippen molar-refractivity contribution in [2.45, 2.75) is 31.0 Å². The van der Waals surface area contributed by atoms with E-state index in [1.165, 1.54) is 43.0 Å². The van der Waals surface area contributed by atoms with Crippen LogP contribution in [0.4, 0.5) is 11.4 Å². The zero-order valence-corrected chi connectivity index (χ0v) is 16.1. The number of amides is 1. The number of aromatic nitrogens is 5. The summed E-state index contributed by atoms with van der Waals surface area (Å²) in [6, 6.07) is 8.00. The number of nitrogens with one attached hydrogen (secondary N) is 1. The SMILES string of the molecule is O=C(CSc1nnc(Cn2cncn2)o1)Nc1ccc(N2CCCCC2)cc1. The van der Waals surface area contributed by atoms with Crippen LogP contribution in [-0.4, -0.2) is 49.7 Å². The monoisotopic (exact) mass is 399 g/mol. The summed E-state index contributed by atoms with van der Waals surface area (Å²) in [6.45, 7) is 2.56. The Morgan fingerprint density at radius 3 is 2.71 bits per heavy atom. The molecule has 0 spiro atoms. The quantitative estimate of drug-likeness (QED) is 0.605. The normalized spacial score (nSPS) is 14.2. The second-order valence-electron chi connectivity index (χ2n) is 6.49. The lowest BCUT2D eigenvalue weighted by Gasteiger charge is -2.28. The number of hydrogen-bond donors (Lipinski definition) is 1. The van der Waals surface area contributed by atoms with E-state index < -0.39 is 0 Å². The number of anilines is 2. The average molecular weight is 399 g/mol. The minimum atomic E-state index is -0.119. The van der Waals surface area contributed by atoms with Crippen LogP contribution in [0.15, 0.2) is 46.6 Å². The van der Waals surface area contributed by atoms with Crippen LogP contribution in [0.1, 0.15) is 25.2 Å². The Morgan fingerprint density at radius 1 is 1.14 bits per heavy atom. The third-order valence-corrected chi connectivity index (χ3v) is 5.23. The Balaban J connectivity index is 1.24. The van der Waals surface area contributed by atoms with Crippen LogP contribution in [0.3, 0.4) is 0 Å². The molecular formula is C18H21N7O2S. The minimum Gasteiger partial charge on any atom is -0.414 e. The van der Waals surface area contributed by atoms with Gasteiger partial charge >= 0.3 is 0 Å². The van der Waals surface area contributed by atoms with E-state index in [2.05, 4.69) is 42.6 Å². The second-order valence-corrected chi connectivity index (χ2v) is 7.41. The lowest BCUT2D eigenvalue weighted by molar-refractivity contribution is -0.113. The van der Waals surface area contributed by atoms with E-state index in [9.17, 15) is 4.79 Å². The molecule has 0 atom stereocenters. The Hall–Kier alpha value is -2.88. The van der Waals surface area contributed by atoms with E-state index in [-0.39, 0.29) is 11.7 Å². The van der Waals surface area contributed by atoms with Gasteiger partial charge in [-0.2, -0.15) is 5.10 Å². The summed E-state index contributed by atoms with van der Waals surface area (Å²) in [5.74, 6) is 0.493. The molecule has 1 aliphatic rings. The van der Waals surface area contributed by atoms with Gasteiger partial charge in [-0.15, -0.1) is 10.2 Å². The topological polar surface area (TPSA) is 102 Å². The van der Waals surface area contributed by atoms with Crippen molar-refractivity contribution in [3.8, 4) is 0 Å². The zero-order chi connectivity index (χ0) is 19.2. The van der Waals surface area contributed by atoms with Gasteiger partial charge in [-0.05, 0) is 43.5 Å². The van der Waals surface area contributed by atoms with Crippen molar-refractivity contribution >= 4 is 29.0 Å². The predicted octanol–water partition coefficient (Wildman–Crippen LogP) is 2.43. The third kappa shape index (κ3) is 4.89. The summed E-state index contributed by atoms with van der Waals surface area (Å²) in [5, 5.41) is 15.1. The van der Waals surface area contributed by atoms with Crippen molar-refractivity contribution in [2.24, 2.45) is 0 Å². The highest BCUT2D eigenvalue weighted by Gasteiger charge is 2.12. The number of piperidine rings is 1. The summed E-state index contributed by atoms with van der Waals surface area (Å²) in [5.41, 5.74) is 1.99. The summed E-state index contributed by atoms with van der Waals surface area (Å²) in [7, 11) is 0. The molecule has 0 unspecified atom stereocenters. The van der Waals surface area contributed by atoms with Gasteiger partial charge in [-0.25, -0.2) is 9.67 Å². The summed E-state index contributed by atoms with van der Waals surface area (Å²) in [4.78, 5) is 18.4. The molecule has 1 aromatic carbocycles. The van der Waals surface area contributed by atoms with Gasteiger partial charge in [0.05, 0.1) is 5.75 Å². The average Bonchev–Trinajstić information content (AvgIpc) is 3.40. The molecule has 28 heavy (non-hydrogen) atoms. The van der Waals surface area contributed by atoms with Gasteiger partial charge in [0.2, 0.25) is 11.8 Å². The second kappa shape index (κ2) is 8.87. The Labute approximate surface area is 166 Å². The van der Waals surface area contributed by atoms with Crippen LogP contribution in [0.2, 0.25) is 0 Å². The van der Waals surface area contributed by atoms with Crippen LogP contribution in [-0.2, 0) is 11.3 Å². The van der Waals surface area contributed by atoms with Crippen LogP contribution in [0.5, 0.6) is 0 Å². The number of carbonyl (C=O) groups excluding carboxylic acids is 1. The molecule has 9 nitrogen and oxygen atoms in total. The van der Waals surface area contributed by atoms with E-state index >= 15 is 0 Å². The molecule has 0 aliphatic carbocycles. The summed E-state index contributed by atoms with van der Waals surface area (Å²) < 4.78 is 7.09. The van der Waals surface area contributed by atoms with Crippen molar-refractivity contribution < 1.29 is 9.21 Å². The van der Waals surface area contributed by atoms with E-state index in [1.54, 1.807) is 11.0 Å². The molecule has 4 rings (SSSR count). The van der Waals surface area contributed by atoms with Gasteiger partial charge < -0.3 is 14.6 Å². The molecule has 1 fully saturated rings. The first-order valence-electron chi connectivity index (χ1n) is 9.19. The summed E-state index contributed by atoms with van der Waals surface area (Å²) in [6.07, 6.45) is 6.80. The number of benzene rings is 1. The minimum absolute atomic E-state index is 0.119. The Bertz CT molecular complexity index is 889. The van der Waals surface area contributed by atoms with Gasteiger partial charge in [0, 0.05) is 24.5 Å². The molecule has 1 N–H and O–H groups in total. The van der Waals surface area contributed by atoms with Crippen molar-refractivity contribution in [3.63, 3.8) is 0 Å². The molecular weight excluding hydrogens is 378 g/mol. The van der Waals surface area contributed by atoms with Crippen molar-refractivity contribution in [1.29, 1.82) is 0 Å². The maximum atomic E-state index is 12.2. The fourth-order valence-corrected chi connectivity index (χ4v) is 3.63. The van der Waals surface area contributed by atoms with Crippen LogP contribution in [0.25, 0.3) is 0 Å². The maximum absolute atomic E-state index is 12.2. The molecule has 3 aromatic rings. The van der Waals surface area contributed by atoms with E-state index in [4.69, 9.17) is 4.42 Å². The number of nitrogens with zero attached hydrogens (tertiary/aromatic N) is 6. The van der Waals surface area contributed by atoms with Crippen LogP contribution < -0.4 is 10.2 Å². The van der Waals surface area contributed by atoms with E-state index in [1.807, 2.05) is 12.1 Å². The standard InChI is InChI=1S/C18H21N7O2S/c26-16(11-28-18-23-22-17(27-18)10-25-13-19-12-20-25)21-14-4-6-15(7-5-14)24-8-2-1-3-9-24/h4-7,12-13H,1-3,8-11H2,(H,21,26). The lowest BCUT2D eigenvalue weighted by Crippen LogP contribution is -2.29. The van der Waals surface area contributed by atoms with Gasteiger partial charge in [0.15, 0.2) is 0 Å². The number of rotatable bonds is 7. The Kier molecular flexibility index (Phi) is 5.86. The number of thioether (sulfide) groups is 1. The molecule has 10 heteroatoms. The molecule has 0 saturated carbocycles. The molecule has 146 valence electrons. The van der Waals surface area contributed by atoms with E-state index in [0.29, 0.717) is 17.7 Å². The Morgan fingerprint density at radius 2 is 1.96 bits per heavy atom. The molecule has 1 amide bonds. The van der Waals surface area contributed by atoms with Crippen LogP contribution >= 0.6 is 11.8 Å². The van der Waals surface area contributed by atoms with Gasteiger partial charge in [-0.1, -0.05) is 11.8 Å². The van der Waals surface area contributed by atoms with Crippen LogP contribution in [0, 0.1) is 0 Å². The van der Waals surface area contributed by atoms with Gasteiger partial charge in [-0.3, -0.25) is 4.79 Å².